The molecule has 0 radical (unpaired) electrons. The molecule has 9 heteroatoms. The summed E-state index contributed by atoms with van der Waals surface area (Å²) < 4.78 is 37.7. The highest BCUT2D eigenvalue weighted by Crippen LogP contribution is 2.29. The first-order valence-electron chi connectivity index (χ1n) is 7.77. The number of hydrogen-bond acceptors (Lipinski definition) is 3. The van der Waals surface area contributed by atoms with Gasteiger partial charge in [0, 0.05) is 5.02 Å². The molecule has 2 rings (SSSR count). The third kappa shape index (κ3) is 6.10. The molecular weight excluding hydrogens is 379 g/mol. The minimum Gasteiger partial charge on any atom is -0.367 e. The zero-order valence-electron chi connectivity index (χ0n) is 14.5. The van der Waals surface area contributed by atoms with Crippen LogP contribution in [0.2, 0.25) is 5.02 Å². The molecule has 142 valence electrons. The molecule has 27 heavy (non-hydrogen) atoms. The molecule has 0 saturated heterocycles. The quantitative estimate of drug-likeness (QED) is 0.459. The number of rotatable bonds is 4. The van der Waals surface area contributed by atoms with Crippen LogP contribution in [0, 0.1) is 6.92 Å². The summed E-state index contributed by atoms with van der Waals surface area (Å²) in [4.78, 5) is 0. The van der Waals surface area contributed by atoms with Crippen LogP contribution >= 0.6 is 11.6 Å². The van der Waals surface area contributed by atoms with E-state index < -0.39 is 11.7 Å². The van der Waals surface area contributed by atoms with E-state index in [4.69, 9.17) is 17.3 Å². The zero-order chi connectivity index (χ0) is 20.0. The van der Waals surface area contributed by atoms with E-state index in [2.05, 4.69) is 20.7 Å². The van der Waals surface area contributed by atoms with Crippen LogP contribution in [0.4, 0.5) is 13.2 Å². The molecule has 0 atom stereocenters. The van der Waals surface area contributed by atoms with Crippen molar-refractivity contribution in [2.45, 2.75) is 20.0 Å². The Morgan fingerprint density at radius 2 is 1.78 bits per heavy atom. The van der Waals surface area contributed by atoms with Crippen LogP contribution in [0.25, 0.3) is 0 Å². The van der Waals surface area contributed by atoms with Gasteiger partial charge in [0.2, 0.25) is 5.96 Å². The van der Waals surface area contributed by atoms with E-state index in [0.717, 1.165) is 23.3 Å². The largest absolute Gasteiger partial charge is 0.416 e. The van der Waals surface area contributed by atoms with Crippen LogP contribution in [0.5, 0.6) is 0 Å². The summed E-state index contributed by atoms with van der Waals surface area (Å²) >= 11 is 5.88. The van der Waals surface area contributed by atoms with Crippen molar-refractivity contribution in [2.75, 3.05) is 0 Å². The van der Waals surface area contributed by atoms with Gasteiger partial charge in [0.1, 0.15) is 0 Å². The van der Waals surface area contributed by atoms with Crippen molar-refractivity contribution in [3.05, 3.63) is 69.7 Å². The van der Waals surface area contributed by atoms with Crippen LogP contribution in [-0.2, 0) is 6.18 Å². The molecular formula is C18H17ClF3N5. The number of nitrogens with one attached hydrogen (secondary N) is 1. The van der Waals surface area contributed by atoms with Gasteiger partial charge < -0.3 is 5.73 Å². The molecule has 0 spiro atoms. The van der Waals surface area contributed by atoms with E-state index in [-0.39, 0.29) is 5.96 Å². The molecule has 2 aromatic carbocycles. The molecule has 0 heterocycles. The number of nitrogens with two attached hydrogens (primary N) is 1. The lowest BCUT2D eigenvalue weighted by molar-refractivity contribution is -0.137. The fourth-order valence-electron chi connectivity index (χ4n) is 2.06. The number of aryl methyl sites for hydroxylation is 1. The molecule has 0 fully saturated rings. The summed E-state index contributed by atoms with van der Waals surface area (Å²) in [6.07, 6.45) is -2.82. The summed E-state index contributed by atoms with van der Waals surface area (Å²) in [5.74, 6) is -0.0656. The van der Waals surface area contributed by atoms with Gasteiger partial charge in [0.15, 0.2) is 0 Å². The van der Waals surface area contributed by atoms with E-state index in [1.807, 2.05) is 13.0 Å². The topological polar surface area (TPSA) is 75.1 Å². The molecule has 0 saturated carbocycles. The van der Waals surface area contributed by atoms with Crippen LogP contribution < -0.4 is 11.2 Å². The zero-order valence-corrected chi connectivity index (χ0v) is 15.3. The van der Waals surface area contributed by atoms with Crippen molar-refractivity contribution in [1.82, 2.24) is 5.43 Å². The van der Waals surface area contributed by atoms with Crippen molar-refractivity contribution in [3.63, 3.8) is 0 Å². The Bertz CT molecular complexity index is 887. The first-order chi connectivity index (χ1) is 12.7. The van der Waals surface area contributed by atoms with Gasteiger partial charge in [-0.2, -0.15) is 23.4 Å². The SMILES string of the molecule is C/C(=N\N=C(N)N/N=C/c1ccc(Cl)cc1C)c1ccc(C(F)(F)F)cc1. The second-order valence-corrected chi connectivity index (χ2v) is 6.05. The highest BCUT2D eigenvalue weighted by atomic mass is 35.5. The normalized spacial score (nSPS) is 13.3. The molecule has 0 unspecified atom stereocenters. The minimum atomic E-state index is -4.38. The second-order valence-electron chi connectivity index (χ2n) is 5.62. The number of hydrogen-bond donors (Lipinski definition) is 2. The van der Waals surface area contributed by atoms with E-state index >= 15 is 0 Å². The Labute approximate surface area is 159 Å². The number of guanidine groups is 1. The maximum Gasteiger partial charge on any atom is 0.416 e. The lowest BCUT2D eigenvalue weighted by Gasteiger charge is -2.07. The molecule has 0 aliphatic heterocycles. The lowest BCUT2D eigenvalue weighted by atomic mass is 10.1. The number of benzene rings is 2. The molecule has 2 aromatic rings. The van der Waals surface area contributed by atoms with Gasteiger partial charge in [0.25, 0.3) is 0 Å². The van der Waals surface area contributed by atoms with Gasteiger partial charge in [-0.15, -0.1) is 5.10 Å². The number of halogens is 4. The van der Waals surface area contributed by atoms with E-state index in [9.17, 15) is 13.2 Å². The average Bonchev–Trinajstić information content (AvgIpc) is 2.61. The number of hydrazone groups is 1. The maximum absolute atomic E-state index is 12.6. The standard InChI is InChI=1S/C18H17ClF3N5/c1-11-9-16(19)8-5-14(11)10-24-26-17(23)27-25-12(2)13-3-6-15(7-4-13)18(20,21)22/h3-10H,1-2H3,(H3,23,26,27)/b24-10+,25-12+. The van der Waals surface area contributed by atoms with Gasteiger partial charge >= 0.3 is 6.18 Å². The highest BCUT2D eigenvalue weighted by molar-refractivity contribution is 6.30. The fraction of sp³-hybridized carbons (Fsp3) is 0.167. The Morgan fingerprint density at radius 1 is 1.11 bits per heavy atom. The van der Waals surface area contributed by atoms with E-state index in [1.165, 1.54) is 12.1 Å². The van der Waals surface area contributed by atoms with Gasteiger partial charge in [-0.05, 0) is 54.8 Å². The van der Waals surface area contributed by atoms with Crippen molar-refractivity contribution in [2.24, 2.45) is 21.0 Å². The van der Waals surface area contributed by atoms with Gasteiger partial charge in [0.05, 0.1) is 17.5 Å². The molecule has 0 aromatic heterocycles. The molecule has 0 aliphatic carbocycles. The Hall–Kier alpha value is -2.87. The third-order valence-corrected chi connectivity index (χ3v) is 3.79. The Morgan fingerprint density at radius 3 is 2.37 bits per heavy atom. The molecule has 0 aliphatic rings. The molecule has 0 bridgehead atoms. The molecule has 5 nitrogen and oxygen atoms in total. The van der Waals surface area contributed by atoms with Crippen LogP contribution in [0.1, 0.15) is 29.2 Å². The summed E-state index contributed by atoms with van der Waals surface area (Å²) in [6.45, 7) is 3.50. The fourth-order valence-corrected chi connectivity index (χ4v) is 2.29. The molecule has 0 amide bonds. The number of alkyl halides is 3. The van der Waals surface area contributed by atoms with Crippen LogP contribution in [-0.4, -0.2) is 17.9 Å². The van der Waals surface area contributed by atoms with Gasteiger partial charge in [-0.3, -0.25) is 0 Å². The predicted octanol–water partition coefficient (Wildman–Crippen LogP) is 4.33. The van der Waals surface area contributed by atoms with E-state index in [1.54, 1.807) is 25.3 Å². The second kappa shape index (κ2) is 8.68. The first kappa shape index (κ1) is 20.4. The predicted molar refractivity (Wildman–Crippen MR) is 102 cm³/mol. The van der Waals surface area contributed by atoms with Crippen molar-refractivity contribution >= 4 is 29.5 Å². The van der Waals surface area contributed by atoms with Crippen molar-refractivity contribution < 1.29 is 13.2 Å². The summed E-state index contributed by atoms with van der Waals surface area (Å²) in [7, 11) is 0. The van der Waals surface area contributed by atoms with Crippen molar-refractivity contribution in [3.8, 4) is 0 Å². The first-order valence-corrected chi connectivity index (χ1v) is 8.15. The molecule has 3 N–H and O–H groups in total. The average molecular weight is 396 g/mol. The maximum atomic E-state index is 12.6. The van der Waals surface area contributed by atoms with Gasteiger partial charge in [-0.25, -0.2) is 5.43 Å². The van der Waals surface area contributed by atoms with Crippen LogP contribution in [0.3, 0.4) is 0 Å². The summed E-state index contributed by atoms with van der Waals surface area (Å²) in [6, 6.07) is 9.97. The third-order valence-electron chi connectivity index (χ3n) is 3.55. The number of nitrogens with zero attached hydrogens (tertiary/aromatic N) is 3. The lowest BCUT2D eigenvalue weighted by Crippen LogP contribution is -2.27. The van der Waals surface area contributed by atoms with Crippen molar-refractivity contribution in [1.29, 1.82) is 0 Å². The van der Waals surface area contributed by atoms with Gasteiger partial charge in [-0.1, -0.05) is 29.8 Å². The monoisotopic (exact) mass is 395 g/mol. The minimum absolute atomic E-state index is 0.0656. The Kier molecular flexibility index (Phi) is 6.57. The highest BCUT2D eigenvalue weighted by Gasteiger charge is 2.29. The Balaban J connectivity index is 2.01. The summed E-state index contributed by atoms with van der Waals surface area (Å²) in [5, 5.41) is 12.2. The van der Waals surface area contributed by atoms with E-state index in [0.29, 0.717) is 16.3 Å². The smallest absolute Gasteiger partial charge is 0.367 e. The summed E-state index contributed by atoms with van der Waals surface area (Å²) in [5.41, 5.74) is 10.2. The van der Waals surface area contributed by atoms with Crippen LogP contribution in [0.15, 0.2) is 57.8 Å².